The fourth-order valence-corrected chi connectivity index (χ4v) is 5.66. The van der Waals surface area contributed by atoms with Crippen LogP contribution in [-0.4, -0.2) is 58.7 Å². The van der Waals surface area contributed by atoms with Crippen molar-refractivity contribution in [2.75, 3.05) is 26.2 Å². The lowest BCUT2D eigenvalue weighted by Crippen LogP contribution is -2.66. The van der Waals surface area contributed by atoms with Crippen molar-refractivity contribution in [2.45, 2.75) is 32.5 Å². The van der Waals surface area contributed by atoms with E-state index in [0.717, 1.165) is 46.4 Å². The summed E-state index contributed by atoms with van der Waals surface area (Å²) in [6.07, 6.45) is 0.821. The van der Waals surface area contributed by atoms with Gasteiger partial charge in [-0.05, 0) is 22.8 Å². The quantitative estimate of drug-likeness (QED) is 0.390. The van der Waals surface area contributed by atoms with E-state index >= 15 is 0 Å². The van der Waals surface area contributed by atoms with Crippen LogP contribution in [0.5, 0.6) is 0 Å². The first-order valence-electron chi connectivity index (χ1n) is 13.0. The molecule has 0 N–H and O–H groups in total. The molecule has 6 rings (SSSR count). The molecule has 1 atom stereocenters. The second-order valence-corrected chi connectivity index (χ2v) is 9.95. The predicted molar refractivity (Wildman–Crippen MR) is 144 cm³/mol. The van der Waals surface area contributed by atoms with E-state index in [-0.39, 0.29) is 18.4 Å². The third kappa shape index (κ3) is 4.53. The van der Waals surface area contributed by atoms with Gasteiger partial charge in [-0.1, -0.05) is 79.7 Å². The van der Waals surface area contributed by atoms with Crippen LogP contribution in [0.15, 0.2) is 83.3 Å². The van der Waals surface area contributed by atoms with Crippen LogP contribution in [0.1, 0.15) is 23.8 Å². The van der Waals surface area contributed by atoms with Gasteiger partial charge >= 0.3 is 0 Å². The third-order valence-corrected chi connectivity index (χ3v) is 7.63. The van der Waals surface area contributed by atoms with E-state index in [0.29, 0.717) is 26.2 Å². The number of amides is 2. The molecule has 2 fully saturated rings. The second-order valence-electron chi connectivity index (χ2n) is 9.95. The number of furan rings is 1. The SMILES string of the molecule is CCc1oc2ccccc2c1CN1CCN2C(=O)CN(Cc3ccc(-c4ccccc4)cc3)C(=O)C2C1. The first kappa shape index (κ1) is 23.5. The Balaban J connectivity index is 1.17. The molecule has 0 saturated carbocycles. The summed E-state index contributed by atoms with van der Waals surface area (Å²) in [5, 5.41) is 1.13. The molecule has 4 aromatic rings. The summed E-state index contributed by atoms with van der Waals surface area (Å²) in [7, 11) is 0. The van der Waals surface area contributed by atoms with Crippen molar-refractivity contribution < 1.29 is 14.0 Å². The molecular weight excluding hydrogens is 462 g/mol. The molecule has 6 nitrogen and oxygen atoms in total. The molecule has 1 unspecified atom stereocenters. The highest BCUT2D eigenvalue weighted by atomic mass is 16.3. The number of aryl methyl sites for hydroxylation is 1. The Bertz CT molecular complexity index is 1430. The van der Waals surface area contributed by atoms with E-state index in [1.165, 1.54) is 5.56 Å². The van der Waals surface area contributed by atoms with Gasteiger partial charge in [0.1, 0.15) is 23.9 Å². The summed E-state index contributed by atoms with van der Waals surface area (Å²) >= 11 is 0. The van der Waals surface area contributed by atoms with Crippen LogP contribution in [0.2, 0.25) is 0 Å². The van der Waals surface area contributed by atoms with Gasteiger partial charge in [0.25, 0.3) is 0 Å². The van der Waals surface area contributed by atoms with Crippen molar-refractivity contribution >= 4 is 22.8 Å². The summed E-state index contributed by atoms with van der Waals surface area (Å²) in [6, 6.07) is 26.2. The third-order valence-electron chi connectivity index (χ3n) is 7.63. The van der Waals surface area contributed by atoms with Crippen molar-refractivity contribution in [3.8, 4) is 11.1 Å². The van der Waals surface area contributed by atoms with Crippen molar-refractivity contribution in [2.24, 2.45) is 0 Å². The van der Waals surface area contributed by atoms with Crippen molar-refractivity contribution in [1.82, 2.24) is 14.7 Å². The van der Waals surface area contributed by atoms with Crippen LogP contribution in [-0.2, 0) is 29.1 Å². The molecule has 37 heavy (non-hydrogen) atoms. The smallest absolute Gasteiger partial charge is 0.247 e. The molecule has 2 aliphatic heterocycles. The Kier molecular flexibility index (Phi) is 6.26. The van der Waals surface area contributed by atoms with Crippen molar-refractivity contribution in [1.29, 1.82) is 0 Å². The number of hydrogen-bond acceptors (Lipinski definition) is 4. The van der Waals surface area contributed by atoms with Gasteiger partial charge in [-0.25, -0.2) is 0 Å². The number of rotatable bonds is 6. The molecule has 3 heterocycles. The van der Waals surface area contributed by atoms with Gasteiger partial charge in [-0.3, -0.25) is 14.5 Å². The molecule has 1 aromatic heterocycles. The second kappa shape index (κ2) is 9.87. The summed E-state index contributed by atoms with van der Waals surface area (Å²) in [5.74, 6) is 1.06. The molecule has 3 aromatic carbocycles. The zero-order chi connectivity index (χ0) is 25.4. The zero-order valence-corrected chi connectivity index (χ0v) is 21.1. The minimum atomic E-state index is -0.443. The van der Waals surface area contributed by atoms with Gasteiger partial charge in [0.05, 0.1) is 0 Å². The molecule has 0 spiro atoms. The van der Waals surface area contributed by atoms with E-state index < -0.39 is 6.04 Å². The molecule has 188 valence electrons. The van der Waals surface area contributed by atoms with Crippen LogP contribution >= 0.6 is 0 Å². The number of nitrogens with zero attached hydrogens (tertiary/aromatic N) is 3. The van der Waals surface area contributed by atoms with Gasteiger partial charge in [0.15, 0.2) is 0 Å². The maximum Gasteiger partial charge on any atom is 0.247 e. The zero-order valence-electron chi connectivity index (χ0n) is 21.1. The van der Waals surface area contributed by atoms with Gasteiger partial charge in [0.2, 0.25) is 11.8 Å². The van der Waals surface area contributed by atoms with E-state index in [9.17, 15) is 9.59 Å². The summed E-state index contributed by atoms with van der Waals surface area (Å²) in [6.45, 7) is 5.26. The molecule has 0 bridgehead atoms. The number of para-hydroxylation sites is 1. The molecule has 2 aliphatic rings. The van der Waals surface area contributed by atoms with Crippen LogP contribution in [0.4, 0.5) is 0 Å². The minimum Gasteiger partial charge on any atom is -0.461 e. The summed E-state index contributed by atoms with van der Waals surface area (Å²) < 4.78 is 6.09. The fourth-order valence-electron chi connectivity index (χ4n) is 5.66. The average Bonchev–Trinajstić information content (AvgIpc) is 3.30. The van der Waals surface area contributed by atoms with Crippen LogP contribution in [0.3, 0.4) is 0 Å². The standard InChI is InChI=1S/C31H31N3O3/c1-2-28-26(25-10-6-7-11-29(25)37-28)19-32-16-17-34-27(20-32)31(36)33(21-30(34)35)18-22-12-14-24(15-13-22)23-8-4-3-5-9-23/h3-15,27H,2,16-21H2,1H3. The van der Waals surface area contributed by atoms with Gasteiger partial charge in [-0.15, -0.1) is 0 Å². The number of benzene rings is 3. The summed E-state index contributed by atoms with van der Waals surface area (Å²) in [5.41, 5.74) is 5.42. The number of carbonyl (C=O) groups excluding carboxylic acids is 2. The summed E-state index contributed by atoms with van der Waals surface area (Å²) in [4.78, 5) is 32.4. The lowest BCUT2D eigenvalue weighted by atomic mass is 10.0. The van der Waals surface area contributed by atoms with E-state index in [1.807, 2.05) is 36.4 Å². The monoisotopic (exact) mass is 493 g/mol. The fraction of sp³-hybridized carbons (Fsp3) is 0.290. The predicted octanol–water partition coefficient (Wildman–Crippen LogP) is 4.72. The highest BCUT2D eigenvalue weighted by Crippen LogP contribution is 2.29. The number of fused-ring (bicyclic) bond motifs is 2. The maximum absolute atomic E-state index is 13.6. The topological polar surface area (TPSA) is 57.0 Å². The highest BCUT2D eigenvalue weighted by Gasteiger charge is 2.42. The van der Waals surface area contributed by atoms with E-state index in [1.54, 1.807) is 9.80 Å². The number of piperazine rings is 2. The van der Waals surface area contributed by atoms with Crippen molar-refractivity contribution in [3.63, 3.8) is 0 Å². The number of carbonyl (C=O) groups is 2. The Morgan fingerprint density at radius 2 is 1.57 bits per heavy atom. The highest BCUT2D eigenvalue weighted by molar-refractivity contribution is 5.95. The number of hydrogen-bond donors (Lipinski definition) is 0. The van der Waals surface area contributed by atoms with Crippen LogP contribution in [0, 0.1) is 0 Å². The lowest BCUT2D eigenvalue weighted by molar-refractivity contribution is -0.160. The van der Waals surface area contributed by atoms with Gasteiger partial charge in [-0.2, -0.15) is 0 Å². The van der Waals surface area contributed by atoms with Gasteiger partial charge in [0, 0.05) is 50.1 Å². The first-order valence-corrected chi connectivity index (χ1v) is 13.0. The largest absolute Gasteiger partial charge is 0.461 e. The Morgan fingerprint density at radius 1 is 0.838 bits per heavy atom. The van der Waals surface area contributed by atoms with E-state index in [2.05, 4.69) is 54.3 Å². The molecule has 2 saturated heterocycles. The van der Waals surface area contributed by atoms with Crippen LogP contribution in [0.25, 0.3) is 22.1 Å². The normalized spacial score (nSPS) is 18.5. The maximum atomic E-state index is 13.6. The lowest BCUT2D eigenvalue weighted by Gasteiger charge is -2.46. The Labute approximate surface area is 217 Å². The van der Waals surface area contributed by atoms with E-state index in [4.69, 9.17) is 4.42 Å². The molecule has 2 amide bonds. The Hall–Kier alpha value is -3.90. The molecular formula is C31H31N3O3. The minimum absolute atomic E-state index is 0.0317. The molecule has 6 heteroatoms. The molecule has 0 radical (unpaired) electrons. The average molecular weight is 494 g/mol. The first-order chi connectivity index (χ1) is 18.1. The molecule has 0 aliphatic carbocycles. The Morgan fingerprint density at radius 3 is 2.35 bits per heavy atom. The van der Waals surface area contributed by atoms with Gasteiger partial charge < -0.3 is 14.2 Å². The van der Waals surface area contributed by atoms with Crippen molar-refractivity contribution in [3.05, 3.63) is 95.7 Å². The van der Waals surface area contributed by atoms with Crippen LogP contribution < -0.4 is 0 Å².